The van der Waals surface area contributed by atoms with Crippen molar-refractivity contribution < 1.29 is 37.7 Å². The van der Waals surface area contributed by atoms with Crippen molar-refractivity contribution in [2.24, 2.45) is 0 Å². The van der Waals surface area contributed by atoms with Gasteiger partial charge in [-0.2, -0.15) is 12.1 Å². The number of hydrogen-bond acceptors (Lipinski definition) is 0. The zero-order chi connectivity index (χ0) is 12.0. The van der Waals surface area contributed by atoms with Gasteiger partial charge < -0.3 is 0 Å². The van der Waals surface area contributed by atoms with Crippen molar-refractivity contribution in [3.8, 4) is 0 Å². The van der Waals surface area contributed by atoms with Crippen LogP contribution in [0.1, 0.15) is 0 Å². The zero-order valence-electron chi connectivity index (χ0n) is 8.31. The number of halogens is 4. The summed E-state index contributed by atoms with van der Waals surface area (Å²) in [6.07, 6.45) is 0. The summed E-state index contributed by atoms with van der Waals surface area (Å²) in [6, 6.07) is 10.6. The largest absolute Gasteiger partial charge is 0.236 e. The van der Waals surface area contributed by atoms with E-state index in [2.05, 4.69) is 12.1 Å². The molecule has 0 unspecified atom stereocenters. The molecule has 0 aliphatic rings. The third kappa shape index (κ3) is 6.87. The second-order valence-electron chi connectivity index (χ2n) is 2.71. The van der Waals surface area contributed by atoms with Crippen molar-refractivity contribution in [2.75, 3.05) is 0 Å². The summed E-state index contributed by atoms with van der Waals surface area (Å²) < 4.78 is 47.6. The van der Waals surface area contributed by atoms with Crippen LogP contribution in [0.15, 0.2) is 36.4 Å². The van der Waals surface area contributed by atoms with Crippen LogP contribution in [0.5, 0.6) is 0 Å². The van der Waals surface area contributed by atoms with Gasteiger partial charge in [-0.15, -0.1) is 36.4 Å². The Morgan fingerprint density at radius 1 is 0.706 bits per heavy atom. The maximum absolute atomic E-state index is 11.9. The van der Waals surface area contributed by atoms with Gasteiger partial charge in [-0.05, 0) is 0 Å². The second kappa shape index (κ2) is 7.98. The summed E-state index contributed by atoms with van der Waals surface area (Å²) >= 11 is 0. The predicted octanol–water partition coefficient (Wildman–Crippen LogP) is 3.53. The summed E-state index contributed by atoms with van der Waals surface area (Å²) in [5.41, 5.74) is 0. The van der Waals surface area contributed by atoms with E-state index >= 15 is 0 Å². The molecule has 0 aliphatic carbocycles. The predicted molar refractivity (Wildman–Crippen MR) is 50.4 cm³/mol. The number of hydrogen-bond donors (Lipinski definition) is 0. The molecule has 17 heavy (non-hydrogen) atoms. The van der Waals surface area contributed by atoms with E-state index in [9.17, 15) is 17.6 Å². The summed E-state index contributed by atoms with van der Waals surface area (Å²) in [5, 5.41) is 0. The van der Waals surface area contributed by atoms with E-state index < -0.39 is 23.3 Å². The van der Waals surface area contributed by atoms with Crippen molar-refractivity contribution in [1.82, 2.24) is 0 Å². The van der Waals surface area contributed by atoms with Gasteiger partial charge in [0.2, 0.25) is 0 Å². The quantitative estimate of drug-likeness (QED) is 0.454. The van der Waals surface area contributed by atoms with Crippen LogP contribution in [0.3, 0.4) is 0 Å². The molecule has 2 rings (SSSR count). The SMILES string of the molecule is Fc1[c-]ccc(F)c1.Fc1[c-]ccc(F)c1.[Ir]. The Hall–Kier alpha value is -1.19. The van der Waals surface area contributed by atoms with E-state index in [0.717, 1.165) is 24.3 Å². The van der Waals surface area contributed by atoms with Gasteiger partial charge in [-0.3, -0.25) is 0 Å². The monoisotopic (exact) mass is 419 g/mol. The minimum absolute atomic E-state index is 0. The molecular formula is C12H6F4Ir-2. The van der Waals surface area contributed by atoms with Crippen LogP contribution < -0.4 is 0 Å². The fourth-order valence-corrected chi connectivity index (χ4v) is 0.823. The smallest absolute Gasteiger partial charge is 0.0178 e. The van der Waals surface area contributed by atoms with Crippen LogP contribution in [0, 0.1) is 35.4 Å². The van der Waals surface area contributed by atoms with Crippen molar-refractivity contribution in [2.45, 2.75) is 0 Å². The molecule has 0 amide bonds. The Bertz CT molecular complexity index is 382. The molecule has 2 aromatic carbocycles. The standard InChI is InChI=1S/2C6H3F2.Ir/c2*7-5-2-1-3-6(8)4-5;/h2*1-2,4H;/q2*-1;. The van der Waals surface area contributed by atoms with Gasteiger partial charge in [0, 0.05) is 43.4 Å². The Morgan fingerprint density at radius 2 is 1.06 bits per heavy atom. The molecule has 0 N–H and O–H groups in total. The molecule has 0 heterocycles. The first kappa shape index (κ1) is 15.8. The van der Waals surface area contributed by atoms with Crippen LogP contribution >= 0.6 is 0 Å². The normalized spacial score (nSPS) is 8.71. The molecule has 93 valence electrons. The van der Waals surface area contributed by atoms with Crippen molar-refractivity contribution in [3.63, 3.8) is 0 Å². The van der Waals surface area contributed by atoms with Crippen molar-refractivity contribution in [3.05, 3.63) is 71.8 Å². The molecule has 0 aromatic heterocycles. The first-order valence-corrected chi connectivity index (χ1v) is 4.23. The molecule has 0 atom stereocenters. The molecule has 0 spiro atoms. The fourth-order valence-electron chi connectivity index (χ4n) is 0.823. The summed E-state index contributed by atoms with van der Waals surface area (Å²) in [4.78, 5) is 0. The van der Waals surface area contributed by atoms with E-state index in [-0.39, 0.29) is 20.1 Å². The second-order valence-corrected chi connectivity index (χ2v) is 2.71. The van der Waals surface area contributed by atoms with E-state index in [0.29, 0.717) is 0 Å². The zero-order valence-corrected chi connectivity index (χ0v) is 10.7. The van der Waals surface area contributed by atoms with Crippen molar-refractivity contribution in [1.29, 1.82) is 0 Å². The summed E-state index contributed by atoms with van der Waals surface area (Å²) in [5.74, 6) is -2.46. The molecule has 0 nitrogen and oxygen atoms in total. The van der Waals surface area contributed by atoms with E-state index in [1.54, 1.807) is 0 Å². The maximum Gasteiger partial charge on any atom is 0.0178 e. The average molecular weight is 418 g/mol. The molecule has 0 saturated heterocycles. The first-order valence-electron chi connectivity index (χ1n) is 4.23. The van der Waals surface area contributed by atoms with Gasteiger partial charge in [0.05, 0.1) is 0 Å². The van der Waals surface area contributed by atoms with Gasteiger partial charge in [0.1, 0.15) is 0 Å². The number of rotatable bonds is 0. The van der Waals surface area contributed by atoms with Crippen LogP contribution in [0.4, 0.5) is 17.6 Å². The molecule has 0 fully saturated rings. The third-order valence-corrected chi connectivity index (χ3v) is 1.46. The van der Waals surface area contributed by atoms with Crippen LogP contribution in [-0.2, 0) is 20.1 Å². The molecule has 0 saturated carbocycles. The van der Waals surface area contributed by atoms with Crippen molar-refractivity contribution >= 4 is 0 Å². The number of benzene rings is 2. The average Bonchev–Trinajstić information content (AvgIpc) is 2.17. The summed E-state index contributed by atoms with van der Waals surface area (Å²) in [7, 11) is 0. The molecule has 2 aromatic rings. The van der Waals surface area contributed by atoms with Crippen LogP contribution in [0.2, 0.25) is 0 Å². The first-order chi connectivity index (χ1) is 7.58. The molecule has 0 bridgehead atoms. The van der Waals surface area contributed by atoms with E-state index in [1.807, 2.05) is 0 Å². The Balaban J connectivity index is 0.000000284. The third-order valence-electron chi connectivity index (χ3n) is 1.46. The summed E-state index contributed by atoms with van der Waals surface area (Å²) in [6.45, 7) is 0. The topological polar surface area (TPSA) is 0 Å². The Labute approximate surface area is 110 Å². The van der Waals surface area contributed by atoms with Gasteiger partial charge in [0.15, 0.2) is 0 Å². The molecule has 0 aliphatic heterocycles. The van der Waals surface area contributed by atoms with E-state index in [1.165, 1.54) is 12.1 Å². The van der Waals surface area contributed by atoms with Crippen LogP contribution in [-0.4, -0.2) is 0 Å². The molecular weight excluding hydrogens is 412 g/mol. The van der Waals surface area contributed by atoms with Crippen LogP contribution in [0.25, 0.3) is 0 Å². The van der Waals surface area contributed by atoms with Gasteiger partial charge in [0.25, 0.3) is 0 Å². The van der Waals surface area contributed by atoms with Gasteiger partial charge in [-0.1, -0.05) is 0 Å². The molecule has 5 heteroatoms. The maximum atomic E-state index is 11.9. The Morgan fingerprint density at radius 3 is 1.24 bits per heavy atom. The van der Waals surface area contributed by atoms with Gasteiger partial charge in [-0.25, -0.2) is 17.6 Å². The molecule has 1 radical (unpaired) electrons. The van der Waals surface area contributed by atoms with Gasteiger partial charge >= 0.3 is 0 Å². The minimum atomic E-state index is -0.662. The van der Waals surface area contributed by atoms with E-state index in [4.69, 9.17) is 0 Å². The minimum Gasteiger partial charge on any atom is -0.236 e. The Kier molecular flexibility index (Phi) is 7.42. The fraction of sp³-hybridized carbons (Fsp3) is 0.